The van der Waals surface area contributed by atoms with Gasteiger partial charge < -0.3 is 19.9 Å². The molecule has 3 rings (SSSR count). The van der Waals surface area contributed by atoms with E-state index in [1.807, 2.05) is 7.05 Å². The summed E-state index contributed by atoms with van der Waals surface area (Å²) in [6.07, 6.45) is 6.22. The van der Waals surface area contributed by atoms with Gasteiger partial charge in [0.2, 0.25) is 11.8 Å². The molecule has 160 valence electrons. The van der Waals surface area contributed by atoms with Gasteiger partial charge in [-0.05, 0) is 19.9 Å². The van der Waals surface area contributed by atoms with Gasteiger partial charge in [-0.2, -0.15) is 0 Å². The SMILES string of the molecule is CC(=O)NCCC(=O)N1CC2(C1)CS(=O)(=O)[C@@H](CN(C)C1CCCCC1)CO2. The lowest BCUT2D eigenvalue weighted by molar-refractivity contribution is -0.165. The maximum absolute atomic E-state index is 12.9. The third-order valence-electron chi connectivity index (χ3n) is 6.26. The maximum atomic E-state index is 12.9. The summed E-state index contributed by atoms with van der Waals surface area (Å²) in [7, 11) is -1.24. The average molecular weight is 416 g/mol. The third-order valence-corrected chi connectivity index (χ3v) is 8.49. The first-order valence-electron chi connectivity index (χ1n) is 10.3. The van der Waals surface area contributed by atoms with Gasteiger partial charge in [-0.25, -0.2) is 8.42 Å². The highest BCUT2D eigenvalue weighted by atomic mass is 32.2. The minimum absolute atomic E-state index is 0.0152. The van der Waals surface area contributed by atoms with E-state index in [2.05, 4.69) is 10.2 Å². The molecule has 0 aromatic heterocycles. The summed E-state index contributed by atoms with van der Waals surface area (Å²) in [5.74, 6) is -0.267. The van der Waals surface area contributed by atoms with Crippen molar-refractivity contribution in [3.63, 3.8) is 0 Å². The number of carbonyl (C=O) groups is 2. The molecular weight excluding hydrogens is 382 g/mol. The van der Waals surface area contributed by atoms with E-state index in [-0.39, 0.29) is 30.6 Å². The molecule has 8 nitrogen and oxygen atoms in total. The highest BCUT2D eigenvalue weighted by Crippen LogP contribution is 2.33. The standard InChI is InChI=1S/C19H33N3O5S/c1-15(23)20-9-8-18(24)22-12-19(13-22)14-28(25,26)17(11-27-19)10-21(2)16-6-4-3-5-7-16/h16-17H,3-14H2,1-2H3,(H,20,23)/t17-/m0/s1. The van der Waals surface area contributed by atoms with Gasteiger partial charge in [0.25, 0.3) is 0 Å². The molecule has 2 amide bonds. The van der Waals surface area contributed by atoms with Crippen molar-refractivity contribution in [2.24, 2.45) is 0 Å². The van der Waals surface area contributed by atoms with Gasteiger partial charge in [0.05, 0.1) is 30.7 Å². The van der Waals surface area contributed by atoms with Crippen LogP contribution in [0.15, 0.2) is 0 Å². The van der Waals surface area contributed by atoms with E-state index in [1.54, 1.807) is 4.90 Å². The number of hydrogen-bond acceptors (Lipinski definition) is 6. The number of hydrogen-bond donors (Lipinski definition) is 1. The van der Waals surface area contributed by atoms with Crippen LogP contribution in [-0.2, 0) is 24.2 Å². The van der Waals surface area contributed by atoms with Crippen LogP contribution in [0.3, 0.4) is 0 Å². The van der Waals surface area contributed by atoms with Gasteiger partial charge in [-0.15, -0.1) is 0 Å². The molecule has 9 heteroatoms. The molecule has 1 aliphatic carbocycles. The second kappa shape index (κ2) is 8.67. The zero-order chi connectivity index (χ0) is 20.4. The Kier molecular flexibility index (Phi) is 6.66. The monoisotopic (exact) mass is 415 g/mol. The summed E-state index contributed by atoms with van der Waals surface area (Å²) < 4.78 is 31.7. The fourth-order valence-electron chi connectivity index (χ4n) is 4.57. The molecule has 2 saturated heterocycles. The van der Waals surface area contributed by atoms with Crippen molar-refractivity contribution in [2.75, 3.05) is 45.6 Å². The summed E-state index contributed by atoms with van der Waals surface area (Å²) >= 11 is 0. The van der Waals surface area contributed by atoms with Gasteiger partial charge in [0.1, 0.15) is 5.60 Å². The van der Waals surface area contributed by atoms with Crippen molar-refractivity contribution < 1.29 is 22.7 Å². The van der Waals surface area contributed by atoms with Gasteiger partial charge in [-0.3, -0.25) is 9.59 Å². The molecule has 1 atom stereocenters. The van der Waals surface area contributed by atoms with Crippen molar-refractivity contribution in [2.45, 2.75) is 62.3 Å². The summed E-state index contributed by atoms with van der Waals surface area (Å²) in [4.78, 5) is 26.8. The van der Waals surface area contributed by atoms with E-state index < -0.39 is 20.7 Å². The highest BCUT2D eigenvalue weighted by Gasteiger charge is 2.53. The molecule has 0 unspecified atom stereocenters. The Hall–Kier alpha value is -1.19. The number of carbonyl (C=O) groups excluding carboxylic acids is 2. The molecule has 0 radical (unpaired) electrons. The first-order valence-corrected chi connectivity index (χ1v) is 12.0. The van der Waals surface area contributed by atoms with Crippen LogP contribution in [0.5, 0.6) is 0 Å². The fraction of sp³-hybridized carbons (Fsp3) is 0.895. The van der Waals surface area contributed by atoms with Crippen molar-refractivity contribution in [3.8, 4) is 0 Å². The summed E-state index contributed by atoms with van der Waals surface area (Å²) in [6, 6.07) is 0.472. The smallest absolute Gasteiger partial charge is 0.224 e. The molecule has 3 aliphatic rings. The van der Waals surface area contributed by atoms with Gasteiger partial charge in [0.15, 0.2) is 9.84 Å². The van der Waals surface area contributed by atoms with Crippen molar-refractivity contribution in [3.05, 3.63) is 0 Å². The van der Waals surface area contributed by atoms with Crippen LogP contribution in [0.4, 0.5) is 0 Å². The van der Waals surface area contributed by atoms with Crippen LogP contribution in [0.25, 0.3) is 0 Å². The Morgan fingerprint density at radius 2 is 1.89 bits per heavy atom. The second-order valence-electron chi connectivity index (χ2n) is 8.64. The lowest BCUT2D eigenvalue weighted by Crippen LogP contribution is -2.71. The molecule has 2 aliphatic heterocycles. The average Bonchev–Trinajstić information content (AvgIpc) is 2.61. The highest BCUT2D eigenvalue weighted by molar-refractivity contribution is 7.92. The second-order valence-corrected chi connectivity index (χ2v) is 10.9. The molecule has 1 saturated carbocycles. The van der Waals surface area contributed by atoms with Crippen LogP contribution in [0, 0.1) is 0 Å². The van der Waals surface area contributed by atoms with Gasteiger partial charge >= 0.3 is 0 Å². The number of nitrogens with zero attached hydrogens (tertiary/aromatic N) is 2. The fourth-order valence-corrected chi connectivity index (χ4v) is 6.54. The van der Waals surface area contributed by atoms with Crippen LogP contribution in [0.2, 0.25) is 0 Å². The molecule has 3 fully saturated rings. The zero-order valence-electron chi connectivity index (χ0n) is 17.0. The number of amides is 2. The molecular formula is C19H33N3O5S. The zero-order valence-corrected chi connectivity index (χ0v) is 17.8. The van der Waals surface area contributed by atoms with E-state index >= 15 is 0 Å². The van der Waals surface area contributed by atoms with E-state index in [4.69, 9.17) is 4.74 Å². The van der Waals surface area contributed by atoms with Gasteiger partial charge in [0, 0.05) is 32.5 Å². The van der Waals surface area contributed by atoms with Gasteiger partial charge in [-0.1, -0.05) is 19.3 Å². The lowest BCUT2D eigenvalue weighted by atomic mass is 9.94. The molecule has 0 aromatic carbocycles. The van der Waals surface area contributed by atoms with Crippen molar-refractivity contribution in [1.29, 1.82) is 0 Å². The van der Waals surface area contributed by atoms with Crippen LogP contribution in [0.1, 0.15) is 45.4 Å². The molecule has 2 heterocycles. The van der Waals surface area contributed by atoms with E-state index in [0.29, 0.717) is 32.2 Å². The normalized spacial score (nSPS) is 26.8. The van der Waals surface area contributed by atoms with Crippen LogP contribution < -0.4 is 5.32 Å². The predicted octanol–water partition coefficient (Wildman–Crippen LogP) is 0.172. The lowest BCUT2D eigenvalue weighted by Gasteiger charge is -2.52. The largest absolute Gasteiger partial charge is 0.369 e. The number of likely N-dealkylation sites (tertiary alicyclic amines) is 1. The maximum Gasteiger partial charge on any atom is 0.224 e. The Bertz CT molecular complexity index is 684. The molecule has 1 spiro atoms. The molecule has 0 aromatic rings. The topological polar surface area (TPSA) is 96.0 Å². The van der Waals surface area contributed by atoms with Crippen molar-refractivity contribution >= 4 is 21.7 Å². The minimum atomic E-state index is -3.26. The number of sulfone groups is 1. The Balaban J connectivity index is 1.47. The number of rotatable bonds is 6. The molecule has 28 heavy (non-hydrogen) atoms. The van der Waals surface area contributed by atoms with Crippen LogP contribution in [-0.4, -0.2) is 92.5 Å². The minimum Gasteiger partial charge on any atom is -0.369 e. The summed E-state index contributed by atoms with van der Waals surface area (Å²) in [6.45, 7) is 3.06. The van der Waals surface area contributed by atoms with Crippen molar-refractivity contribution in [1.82, 2.24) is 15.1 Å². The van der Waals surface area contributed by atoms with E-state index in [1.165, 1.54) is 26.2 Å². The third kappa shape index (κ3) is 5.04. The Labute approximate surface area is 167 Å². The number of nitrogens with one attached hydrogen (secondary N) is 1. The van der Waals surface area contributed by atoms with E-state index in [9.17, 15) is 18.0 Å². The quantitative estimate of drug-likeness (QED) is 0.665. The summed E-state index contributed by atoms with van der Waals surface area (Å²) in [5, 5.41) is 2.11. The first kappa shape index (κ1) is 21.5. The molecule has 0 bridgehead atoms. The number of ether oxygens (including phenoxy) is 1. The Morgan fingerprint density at radius 1 is 1.21 bits per heavy atom. The predicted molar refractivity (Wildman–Crippen MR) is 106 cm³/mol. The van der Waals surface area contributed by atoms with E-state index in [0.717, 1.165) is 12.8 Å². The van der Waals surface area contributed by atoms with Crippen LogP contribution >= 0.6 is 0 Å². The Morgan fingerprint density at radius 3 is 2.50 bits per heavy atom. The molecule has 1 N–H and O–H groups in total. The summed E-state index contributed by atoms with van der Waals surface area (Å²) in [5.41, 5.74) is -0.748. The first-order chi connectivity index (χ1) is 13.2.